The smallest absolute Gasteiger partial charge is 0.235 e. The largest absolute Gasteiger partial charge is 0.354 e. The predicted molar refractivity (Wildman–Crippen MR) is 175 cm³/mol. The Kier molecular flexibility index (Phi) is 8.03. The van der Waals surface area contributed by atoms with Crippen molar-refractivity contribution in [2.75, 3.05) is 37.6 Å². The van der Waals surface area contributed by atoms with Crippen LogP contribution in [0, 0.1) is 11.6 Å². The summed E-state index contributed by atoms with van der Waals surface area (Å²) in [5.74, 6) is -0.890. The lowest BCUT2D eigenvalue weighted by atomic mass is 9.73. The summed E-state index contributed by atoms with van der Waals surface area (Å²) in [5.41, 5.74) is 4.86. The van der Waals surface area contributed by atoms with Crippen LogP contribution in [0.15, 0.2) is 103 Å². The van der Waals surface area contributed by atoms with Crippen LogP contribution in [-0.4, -0.2) is 48.5 Å². The number of hydrogen-bond donors (Lipinski definition) is 1. The van der Waals surface area contributed by atoms with Gasteiger partial charge in [0.25, 0.3) is 0 Å². The number of hydrogen-bond acceptors (Lipinski definition) is 4. The predicted octanol–water partition coefficient (Wildman–Crippen LogP) is 7.09. The summed E-state index contributed by atoms with van der Waals surface area (Å²) in [6, 6.07) is 32.5. The van der Waals surface area contributed by atoms with Gasteiger partial charge in [0.05, 0.1) is 5.52 Å². The Balaban J connectivity index is 1.03. The van der Waals surface area contributed by atoms with E-state index in [1.807, 2.05) is 36.4 Å². The van der Waals surface area contributed by atoms with E-state index in [-0.39, 0.29) is 12.5 Å². The van der Waals surface area contributed by atoms with Crippen molar-refractivity contribution >= 4 is 22.6 Å². The minimum Gasteiger partial charge on any atom is -0.354 e. The third kappa shape index (κ3) is 5.57. The van der Waals surface area contributed by atoms with Gasteiger partial charge < -0.3 is 10.2 Å². The van der Waals surface area contributed by atoms with Crippen LogP contribution in [0.5, 0.6) is 0 Å². The van der Waals surface area contributed by atoms with Crippen LogP contribution in [-0.2, 0) is 16.8 Å². The van der Waals surface area contributed by atoms with E-state index in [9.17, 15) is 13.6 Å². The number of anilines is 1. The topological polar surface area (TPSA) is 48.5 Å². The molecular weight excluding hydrogens is 566 g/mol. The summed E-state index contributed by atoms with van der Waals surface area (Å²) in [5, 5.41) is 4.24. The summed E-state index contributed by atoms with van der Waals surface area (Å²) < 4.78 is 27.4. The standard InChI is InChI=1S/C38H36F2N4O/c39-33-17-15-27(25-34(33)40)26-41-37(45)38(31-12-4-2-10-29(31)30-11-3-5-13-32(30)38)19-7-8-20-43-21-23-44(24-22-43)36-18-16-28-9-1-6-14-35(28)42-36/h1-6,9-18,25H,7-8,19-24,26H2,(H,41,45). The summed E-state index contributed by atoms with van der Waals surface area (Å²) >= 11 is 0. The Morgan fingerprint density at radius 1 is 0.756 bits per heavy atom. The van der Waals surface area contributed by atoms with Crippen molar-refractivity contribution in [1.82, 2.24) is 15.2 Å². The molecule has 1 fully saturated rings. The molecule has 0 saturated carbocycles. The van der Waals surface area contributed by atoms with E-state index in [4.69, 9.17) is 4.98 Å². The minimum absolute atomic E-state index is 0.110. The van der Waals surface area contributed by atoms with Crippen LogP contribution in [0.1, 0.15) is 36.0 Å². The molecule has 4 aromatic carbocycles. The van der Waals surface area contributed by atoms with Crippen LogP contribution >= 0.6 is 0 Å². The van der Waals surface area contributed by atoms with Gasteiger partial charge in [-0.25, -0.2) is 13.8 Å². The average molecular weight is 603 g/mol. The van der Waals surface area contributed by atoms with Crippen molar-refractivity contribution in [2.45, 2.75) is 31.2 Å². The zero-order chi connectivity index (χ0) is 30.8. The van der Waals surface area contributed by atoms with Gasteiger partial charge in [-0.15, -0.1) is 0 Å². The molecule has 5 aromatic rings. The van der Waals surface area contributed by atoms with Gasteiger partial charge >= 0.3 is 0 Å². The molecule has 1 aliphatic carbocycles. The molecule has 228 valence electrons. The Labute approximate surface area is 262 Å². The SMILES string of the molecule is O=C(NCc1ccc(F)c(F)c1)C1(CCCCN2CCN(c3ccc4ccccc4n3)CC2)c2ccccc2-c2ccccc21. The number of fused-ring (bicyclic) bond motifs is 4. The van der Waals surface area contributed by atoms with Gasteiger partial charge in [0, 0.05) is 38.1 Å². The number of nitrogens with one attached hydrogen (secondary N) is 1. The molecule has 1 aromatic heterocycles. The van der Waals surface area contributed by atoms with Crippen molar-refractivity contribution < 1.29 is 13.6 Å². The first-order valence-corrected chi connectivity index (χ1v) is 15.8. The minimum atomic E-state index is -0.914. The number of amides is 1. The zero-order valence-electron chi connectivity index (χ0n) is 25.2. The molecule has 1 N–H and O–H groups in total. The van der Waals surface area contributed by atoms with E-state index in [0.29, 0.717) is 12.0 Å². The molecule has 1 saturated heterocycles. The highest BCUT2D eigenvalue weighted by Crippen LogP contribution is 2.51. The number of piperazine rings is 1. The van der Waals surface area contributed by atoms with Crippen LogP contribution in [0.25, 0.3) is 22.0 Å². The second-order valence-electron chi connectivity index (χ2n) is 12.1. The van der Waals surface area contributed by atoms with Gasteiger partial charge in [-0.2, -0.15) is 0 Å². The number of carbonyl (C=O) groups excluding carboxylic acids is 1. The van der Waals surface area contributed by atoms with E-state index < -0.39 is 17.0 Å². The van der Waals surface area contributed by atoms with Gasteiger partial charge in [-0.3, -0.25) is 9.69 Å². The molecule has 0 spiro atoms. The van der Waals surface area contributed by atoms with Gasteiger partial charge in [-0.05, 0) is 77.5 Å². The molecule has 1 amide bonds. The monoisotopic (exact) mass is 602 g/mol. The van der Waals surface area contributed by atoms with Crippen LogP contribution < -0.4 is 10.2 Å². The highest BCUT2D eigenvalue weighted by atomic mass is 19.2. The van der Waals surface area contributed by atoms with Crippen LogP contribution in [0.3, 0.4) is 0 Å². The number of pyridine rings is 1. The molecule has 1 aliphatic heterocycles. The van der Waals surface area contributed by atoms with E-state index in [1.54, 1.807) is 0 Å². The molecule has 0 bridgehead atoms. The number of nitrogens with zero attached hydrogens (tertiary/aromatic N) is 3. The summed E-state index contributed by atoms with van der Waals surface area (Å²) in [7, 11) is 0. The molecule has 5 nitrogen and oxygen atoms in total. The van der Waals surface area contributed by atoms with Gasteiger partial charge in [0.15, 0.2) is 11.6 Å². The Hall–Kier alpha value is -4.62. The lowest BCUT2D eigenvalue weighted by molar-refractivity contribution is -0.125. The summed E-state index contributed by atoms with van der Waals surface area (Å²) in [4.78, 5) is 24.0. The maximum absolute atomic E-state index is 14.3. The van der Waals surface area contributed by atoms with Crippen molar-refractivity contribution in [3.8, 4) is 11.1 Å². The quantitative estimate of drug-likeness (QED) is 0.183. The molecule has 7 rings (SSSR count). The summed E-state index contributed by atoms with van der Waals surface area (Å²) in [6.45, 7) is 4.90. The van der Waals surface area contributed by atoms with Crippen LogP contribution in [0.4, 0.5) is 14.6 Å². The van der Waals surface area contributed by atoms with Crippen molar-refractivity contribution in [3.05, 3.63) is 131 Å². The fraction of sp³-hybridized carbons (Fsp3) is 0.263. The van der Waals surface area contributed by atoms with Crippen molar-refractivity contribution in [2.24, 2.45) is 0 Å². The van der Waals surface area contributed by atoms with E-state index >= 15 is 0 Å². The zero-order valence-corrected chi connectivity index (χ0v) is 25.2. The second kappa shape index (κ2) is 12.4. The highest BCUT2D eigenvalue weighted by molar-refractivity contribution is 6.00. The van der Waals surface area contributed by atoms with Crippen LogP contribution in [0.2, 0.25) is 0 Å². The number of rotatable bonds is 9. The maximum atomic E-state index is 14.3. The molecule has 7 heteroatoms. The molecule has 2 aliphatic rings. The molecular formula is C38H36F2N4O. The molecule has 0 atom stereocenters. The lowest BCUT2D eigenvalue weighted by Crippen LogP contribution is -2.47. The number of unbranched alkanes of at least 4 members (excludes halogenated alkanes) is 1. The molecule has 45 heavy (non-hydrogen) atoms. The van der Waals surface area contributed by atoms with E-state index in [0.717, 1.165) is 96.7 Å². The highest BCUT2D eigenvalue weighted by Gasteiger charge is 2.48. The maximum Gasteiger partial charge on any atom is 0.235 e. The number of aromatic nitrogens is 1. The number of para-hydroxylation sites is 1. The third-order valence-electron chi connectivity index (χ3n) is 9.44. The van der Waals surface area contributed by atoms with Crippen molar-refractivity contribution in [3.63, 3.8) is 0 Å². The Bertz CT molecular complexity index is 1800. The fourth-order valence-corrected chi connectivity index (χ4v) is 7.09. The van der Waals surface area contributed by atoms with Gasteiger partial charge in [-0.1, -0.05) is 79.2 Å². The third-order valence-corrected chi connectivity index (χ3v) is 9.44. The average Bonchev–Trinajstić information content (AvgIpc) is 3.37. The van der Waals surface area contributed by atoms with Gasteiger partial charge in [0.2, 0.25) is 5.91 Å². The molecule has 2 heterocycles. The summed E-state index contributed by atoms with van der Waals surface area (Å²) in [6.07, 6.45) is 2.50. The first-order valence-electron chi connectivity index (χ1n) is 15.8. The second-order valence-corrected chi connectivity index (χ2v) is 12.1. The molecule has 0 radical (unpaired) electrons. The Morgan fingerprint density at radius 3 is 2.18 bits per heavy atom. The fourth-order valence-electron chi connectivity index (χ4n) is 7.09. The molecule has 0 unspecified atom stereocenters. The number of benzene rings is 4. The van der Waals surface area contributed by atoms with Gasteiger partial charge in [0.1, 0.15) is 11.2 Å². The van der Waals surface area contributed by atoms with E-state index in [1.165, 1.54) is 6.07 Å². The van der Waals surface area contributed by atoms with Crippen molar-refractivity contribution in [1.29, 1.82) is 0 Å². The normalized spacial score (nSPS) is 15.6. The number of carbonyl (C=O) groups is 1. The van der Waals surface area contributed by atoms with E-state index in [2.05, 4.69) is 63.6 Å². The Morgan fingerprint density at radius 2 is 1.44 bits per heavy atom. The first kappa shape index (κ1) is 29.1. The first-order chi connectivity index (χ1) is 22.0. The number of halogens is 2. The lowest BCUT2D eigenvalue weighted by Gasteiger charge is -2.36.